The fourth-order valence-corrected chi connectivity index (χ4v) is 2.43. The zero-order chi connectivity index (χ0) is 13.5. The fraction of sp³-hybridized carbons (Fsp3) is 0.500. The maximum absolute atomic E-state index is 12.5. The van der Waals surface area contributed by atoms with Gasteiger partial charge in [-0.3, -0.25) is 4.79 Å². The minimum Gasteiger partial charge on any atom is -0.334 e. The Morgan fingerprint density at radius 2 is 2.00 bits per heavy atom. The number of benzene rings is 1. The fourth-order valence-electron chi connectivity index (χ4n) is 2.06. The summed E-state index contributed by atoms with van der Waals surface area (Å²) < 4.78 is 0. The smallest absolute Gasteiger partial charge is 0.254 e. The summed E-state index contributed by atoms with van der Waals surface area (Å²) >= 11 is 11.7. The van der Waals surface area contributed by atoms with Gasteiger partial charge in [0.05, 0.1) is 0 Å². The van der Waals surface area contributed by atoms with E-state index in [1.165, 1.54) is 0 Å². The molecule has 0 N–H and O–H groups in total. The molecule has 0 unspecified atom stereocenters. The Hall–Kier alpha value is -0.730. The van der Waals surface area contributed by atoms with Crippen molar-refractivity contribution in [1.29, 1.82) is 0 Å². The standard InChI is InChI=1S/C14H19Cl2NO/c1-3-13(4-2)17(9-8-15)14(18)11-6-5-7-12(16)10-11/h5-7,10,13H,3-4,8-9H2,1-2H3. The predicted octanol–water partition coefficient (Wildman–Crippen LogP) is 4.21. The van der Waals surface area contributed by atoms with E-state index >= 15 is 0 Å². The molecule has 0 aromatic heterocycles. The third-order valence-corrected chi connectivity index (χ3v) is 3.45. The van der Waals surface area contributed by atoms with Crippen LogP contribution >= 0.6 is 23.2 Å². The summed E-state index contributed by atoms with van der Waals surface area (Å²) in [5.41, 5.74) is 0.625. The van der Waals surface area contributed by atoms with Crippen molar-refractivity contribution in [3.63, 3.8) is 0 Å². The van der Waals surface area contributed by atoms with Gasteiger partial charge in [-0.25, -0.2) is 0 Å². The predicted molar refractivity (Wildman–Crippen MR) is 77.6 cm³/mol. The lowest BCUT2D eigenvalue weighted by molar-refractivity contribution is 0.0681. The van der Waals surface area contributed by atoms with Crippen LogP contribution in [0.3, 0.4) is 0 Å². The Balaban J connectivity index is 2.95. The zero-order valence-electron chi connectivity index (χ0n) is 10.8. The minimum atomic E-state index is 0.00634. The Bertz CT molecular complexity index is 391. The van der Waals surface area contributed by atoms with Crippen LogP contribution in [-0.2, 0) is 0 Å². The van der Waals surface area contributed by atoms with Gasteiger partial charge < -0.3 is 4.90 Å². The number of alkyl halides is 1. The average molecular weight is 288 g/mol. The van der Waals surface area contributed by atoms with Crippen molar-refractivity contribution in [1.82, 2.24) is 4.90 Å². The lowest BCUT2D eigenvalue weighted by atomic mass is 10.1. The molecular formula is C14H19Cl2NO. The highest BCUT2D eigenvalue weighted by molar-refractivity contribution is 6.31. The largest absolute Gasteiger partial charge is 0.334 e. The molecule has 1 amide bonds. The lowest BCUT2D eigenvalue weighted by Crippen LogP contribution is -2.41. The Morgan fingerprint density at radius 3 is 2.50 bits per heavy atom. The molecule has 0 radical (unpaired) electrons. The molecule has 0 atom stereocenters. The molecule has 100 valence electrons. The van der Waals surface area contributed by atoms with Gasteiger partial charge in [0.25, 0.3) is 5.91 Å². The number of carbonyl (C=O) groups is 1. The van der Waals surface area contributed by atoms with Crippen LogP contribution in [0, 0.1) is 0 Å². The van der Waals surface area contributed by atoms with E-state index in [0.717, 1.165) is 12.8 Å². The molecule has 0 saturated heterocycles. The van der Waals surface area contributed by atoms with Crippen LogP contribution < -0.4 is 0 Å². The molecule has 18 heavy (non-hydrogen) atoms. The summed E-state index contributed by atoms with van der Waals surface area (Å²) in [6.45, 7) is 4.74. The number of nitrogens with zero attached hydrogens (tertiary/aromatic N) is 1. The molecule has 0 aliphatic heterocycles. The number of hydrogen-bond donors (Lipinski definition) is 0. The maximum Gasteiger partial charge on any atom is 0.254 e. The number of carbonyl (C=O) groups excluding carboxylic acids is 1. The van der Waals surface area contributed by atoms with Gasteiger partial charge in [-0.15, -0.1) is 11.6 Å². The summed E-state index contributed by atoms with van der Waals surface area (Å²) in [5.74, 6) is 0.454. The van der Waals surface area contributed by atoms with E-state index in [2.05, 4.69) is 13.8 Å². The van der Waals surface area contributed by atoms with E-state index in [4.69, 9.17) is 23.2 Å². The van der Waals surface area contributed by atoms with Crippen LogP contribution in [0.15, 0.2) is 24.3 Å². The van der Waals surface area contributed by atoms with Crippen LogP contribution in [0.25, 0.3) is 0 Å². The molecule has 0 aliphatic carbocycles. The lowest BCUT2D eigenvalue weighted by Gasteiger charge is -2.30. The van der Waals surface area contributed by atoms with E-state index in [9.17, 15) is 4.79 Å². The summed E-state index contributed by atoms with van der Waals surface area (Å²) in [7, 11) is 0. The minimum absolute atomic E-state index is 0.00634. The van der Waals surface area contributed by atoms with Crippen LogP contribution in [0.2, 0.25) is 5.02 Å². The van der Waals surface area contributed by atoms with Gasteiger partial charge in [-0.1, -0.05) is 31.5 Å². The van der Waals surface area contributed by atoms with Crippen molar-refractivity contribution < 1.29 is 4.79 Å². The number of amides is 1. The molecule has 0 saturated carbocycles. The highest BCUT2D eigenvalue weighted by Gasteiger charge is 2.21. The van der Waals surface area contributed by atoms with Gasteiger partial charge >= 0.3 is 0 Å². The molecule has 1 rings (SSSR count). The van der Waals surface area contributed by atoms with Crippen molar-refractivity contribution in [3.05, 3.63) is 34.9 Å². The van der Waals surface area contributed by atoms with E-state index in [-0.39, 0.29) is 11.9 Å². The first-order valence-corrected chi connectivity index (χ1v) is 7.17. The molecule has 1 aromatic carbocycles. The van der Waals surface area contributed by atoms with Gasteiger partial charge in [0, 0.05) is 29.1 Å². The van der Waals surface area contributed by atoms with Crippen LogP contribution in [0.4, 0.5) is 0 Å². The second-order valence-electron chi connectivity index (χ2n) is 4.17. The van der Waals surface area contributed by atoms with Crippen LogP contribution in [0.1, 0.15) is 37.0 Å². The second kappa shape index (κ2) is 7.65. The SMILES string of the molecule is CCC(CC)N(CCCl)C(=O)c1cccc(Cl)c1. The molecule has 4 heteroatoms. The Labute approximate surface area is 119 Å². The van der Waals surface area contributed by atoms with Gasteiger partial charge in [0.1, 0.15) is 0 Å². The van der Waals surface area contributed by atoms with Crippen LogP contribution in [0.5, 0.6) is 0 Å². The quantitative estimate of drug-likeness (QED) is 0.718. The zero-order valence-corrected chi connectivity index (χ0v) is 12.3. The summed E-state index contributed by atoms with van der Waals surface area (Å²) in [4.78, 5) is 14.3. The maximum atomic E-state index is 12.5. The Morgan fingerprint density at radius 1 is 1.33 bits per heavy atom. The highest BCUT2D eigenvalue weighted by atomic mass is 35.5. The second-order valence-corrected chi connectivity index (χ2v) is 4.98. The van der Waals surface area contributed by atoms with Gasteiger partial charge in [-0.05, 0) is 31.0 Å². The van der Waals surface area contributed by atoms with Crippen molar-refractivity contribution in [3.8, 4) is 0 Å². The normalized spacial score (nSPS) is 10.7. The van der Waals surface area contributed by atoms with Crippen molar-refractivity contribution in [2.24, 2.45) is 0 Å². The number of halogens is 2. The molecular weight excluding hydrogens is 269 g/mol. The van der Waals surface area contributed by atoms with Gasteiger partial charge in [0.15, 0.2) is 0 Å². The molecule has 0 aliphatic rings. The summed E-state index contributed by atoms with van der Waals surface area (Å²) in [6.07, 6.45) is 1.86. The third kappa shape index (κ3) is 3.89. The van der Waals surface area contributed by atoms with Crippen molar-refractivity contribution in [2.45, 2.75) is 32.7 Å². The molecule has 0 fully saturated rings. The van der Waals surface area contributed by atoms with Crippen molar-refractivity contribution in [2.75, 3.05) is 12.4 Å². The van der Waals surface area contributed by atoms with E-state index < -0.39 is 0 Å². The number of hydrogen-bond acceptors (Lipinski definition) is 1. The molecule has 1 aromatic rings. The number of rotatable bonds is 6. The third-order valence-electron chi connectivity index (χ3n) is 3.04. The molecule has 0 heterocycles. The van der Waals surface area contributed by atoms with Crippen molar-refractivity contribution >= 4 is 29.1 Å². The first kappa shape index (κ1) is 15.3. The summed E-state index contributed by atoms with van der Waals surface area (Å²) in [5, 5.41) is 0.580. The van der Waals surface area contributed by atoms with E-state index in [0.29, 0.717) is 23.0 Å². The first-order chi connectivity index (χ1) is 8.63. The first-order valence-electron chi connectivity index (χ1n) is 6.26. The highest BCUT2D eigenvalue weighted by Crippen LogP contribution is 2.17. The van der Waals surface area contributed by atoms with Gasteiger partial charge in [-0.2, -0.15) is 0 Å². The topological polar surface area (TPSA) is 20.3 Å². The van der Waals surface area contributed by atoms with E-state index in [1.54, 1.807) is 24.3 Å². The summed E-state index contributed by atoms with van der Waals surface area (Å²) in [6, 6.07) is 7.28. The Kier molecular flexibility index (Phi) is 6.51. The van der Waals surface area contributed by atoms with Gasteiger partial charge in [0.2, 0.25) is 0 Å². The molecule has 0 spiro atoms. The average Bonchev–Trinajstić information content (AvgIpc) is 2.38. The van der Waals surface area contributed by atoms with Crippen LogP contribution in [-0.4, -0.2) is 29.3 Å². The molecule has 2 nitrogen and oxygen atoms in total. The molecule has 0 bridgehead atoms. The van der Waals surface area contributed by atoms with E-state index in [1.807, 2.05) is 4.90 Å². The monoisotopic (exact) mass is 287 g/mol.